The Morgan fingerprint density at radius 2 is 2.00 bits per heavy atom. The zero-order valence-corrected chi connectivity index (χ0v) is 16.5. The van der Waals surface area contributed by atoms with E-state index in [9.17, 15) is 14.7 Å². The van der Waals surface area contributed by atoms with E-state index >= 15 is 0 Å². The third-order valence-electron chi connectivity index (χ3n) is 7.18. The van der Waals surface area contributed by atoms with Gasteiger partial charge in [0.05, 0.1) is 22.9 Å². The normalized spacial score (nSPS) is 25.7. The summed E-state index contributed by atoms with van der Waals surface area (Å²) < 4.78 is 0. The lowest BCUT2D eigenvalue weighted by atomic mass is 9.59. The first-order valence-electron chi connectivity index (χ1n) is 9.99. The molecule has 148 valence electrons. The van der Waals surface area contributed by atoms with Crippen LogP contribution in [0.3, 0.4) is 0 Å². The van der Waals surface area contributed by atoms with E-state index in [0.717, 1.165) is 35.0 Å². The number of carboxylic acids is 1. The quantitative estimate of drug-likeness (QED) is 0.701. The van der Waals surface area contributed by atoms with Gasteiger partial charge in [-0.3, -0.25) is 4.79 Å². The lowest BCUT2D eigenvalue weighted by Crippen LogP contribution is -2.59. The number of carboxylic acid groups (broad SMARTS) is 1. The van der Waals surface area contributed by atoms with Gasteiger partial charge in [0.25, 0.3) is 5.91 Å². The zero-order valence-electron chi connectivity index (χ0n) is 16.5. The molecule has 29 heavy (non-hydrogen) atoms. The van der Waals surface area contributed by atoms with Crippen LogP contribution in [0.2, 0.25) is 0 Å². The van der Waals surface area contributed by atoms with Gasteiger partial charge in [0, 0.05) is 18.2 Å². The highest BCUT2D eigenvalue weighted by Crippen LogP contribution is 2.49. The summed E-state index contributed by atoms with van der Waals surface area (Å²) in [5, 5.41) is 9.40. The standard InChI is InChI=1S/C23H23N3O3/c1-13-20-11-14-3-4-16(22(28)29)9-17(14)23(13,2)7-8-26(20)21(27)15-5-6-18-19(10-15)25-12-24-18/h3-6,9-10,12-13,20H,7-8,11H2,1-2H3,(H,24,25)(H,28,29). The van der Waals surface area contributed by atoms with E-state index in [-0.39, 0.29) is 23.3 Å². The van der Waals surface area contributed by atoms with Gasteiger partial charge < -0.3 is 15.0 Å². The molecule has 1 fully saturated rings. The van der Waals surface area contributed by atoms with Crippen LogP contribution >= 0.6 is 0 Å². The number of aromatic carboxylic acids is 1. The third kappa shape index (κ3) is 2.58. The van der Waals surface area contributed by atoms with Crippen molar-refractivity contribution in [2.75, 3.05) is 6.54 Å². The number of carbonyl (C=O) groups excluding carboxylic acids is 1. The van der Waals surface area contributed by atoms with E-state index in [1.54, 1.807) is 12.4 Å². The topological polar surface area (TPSA) is 86.3 Å². The van der Waals surface area contributed by atoms with Crippen LogP contribution in [0, 0.1) is 5.92 Å². The summed E-state index contributed by atoms with van der Waals surface area (Å²) in [6.45, 7) is 5.08. The number of fused-ring (bicyclic) bond motifs is 5. The average molecular weight is 389 g/mol. The molecule has 1 aliphatic heterocycles. The number of benzene rings is 2. The Hall–Kier alpha value is -3.15. The second-order valence-corrected chi connectivity index (χ2v) is 8.54. The highest BCUT2D eigenvalue weighted by molar-refractivity contribution is 5.97. The minimum atomic E-state index is -0.895. The number of aromatic amines is 1. The van der Waals surface area contributed by atoms with Crippen LogP contribution < -0.4 is 0 Å². The maximum Gasteiger partial charge on any atom is 0.335 e. The Labute approximate surface area is 168 Å². The van der Waals surface area contributed by atoms with Crippen molar-refractivity contribution < 1.29 is 14.7 Å². The van der Waals surface area contributed by atoms with Crippen LogP contribution in [0.25, 0.3) is 11.0 Å². The molecule has 2 aromatic carbocycles. The molecule has 3 atom stereocenters. The smallest absolute Gasteiger partial charge is 0.335 e. The zero-order chi connectivity index (χ0) is 20.3. The Morgan fingerprint density at radius 3 is 2.79 bits per heavy atom. The molecule has 0 radical (unpaired) electrons. The molecular formula is C23H23N3O3. The maximum absolute atomic E-state index is 13.4. The number of nitrogens with one attached hydrogen (secondary N) is 1. The summed E-state index contributed by atoms with van der Waals surface area (Å²) in [6.07, 6.45) is 3.21. The van der Waals surface area contributed by atoms with E-state index in [4.69, 9.17) is 0 Å². The van der Waals surface area contributed by atoms with Gasteiger partial charge in [-0.15, -0.1) is 0 Å². The van der Waals surface area contributed by atoms with Crippen molar-refractivity contribution in [3.63, 3.8) is 0 Å². The Bertz CT molecular complexity index is 1150. The first-order chi connectivity index (χ1) is 13.9. The van der Waals surface area contributed by atoms with Crippen molar-refractivity contribution in [3.8, 4) is 0 Å². The lowest BCUT2D eigenvalue weighted by molar-refractivity contribution is 0.0250. The molecule has 3 unspecified atom stereocenters. The second kappa shape index (κ2) is 6.17. The SMILES string of the molecule is CC1C2Cc3ccc(C(=O)O)cc3C1(C)CCN2C(=O)c1ccc2nc[nH]c2c1. The van der Waals surface area contributed by atoms with E-state index < -0.39 is 5.97 Å². The number of carbonyl (C=O) groups is 2. The molecule has 5 rings (SSSR count). The summed E-state index contributed by atoms with van der Waals surface area (Å²) in [6, 6.07) is 11.1. The molecule has 6 heteroatoms. The van der Waals surface area contributed by atoms with Gasteiger partial charge in [0.15, 0.2) is 0 Å². The third-order valence-corrected chi connectivity index (χ3v) is 7.18. The number of hydrogen-bond donors (Lipinski definition) is 2. The fourth-order valence-electron chi connectivity index (χ4n) is 5.24. The fourth-order valence-corrected chi connectivity index (χ4v) is 5.24. The molecule has 3 aromatic rings. The summed E-state index contributed by atoms with van der Waals surface area (Å²) in [7, 11) is 0. The summed E-state index contributed by atoms with van der Waals surface area (Å²) >= 11 is 0. The molecular weight excluding hydrogens is 366 g/mol. The molecule has 1 saturated heterocycles. The fraction of sp³-hybridized carbons (Fsp3) is 0.348. The van der Waals surface area contributed by atoms with Crippen LogP contribution in [0.1, 0.15) is 52.1 Å². The average Bonchev–Trinajstić information content (AvgIpc) is 3.18. The summed E-state index contributed by atoms with van der Waals surface area (Å²) in [4.78, 5) is 34.2. The first kappa shape index (κ1) is 17.9. The Morgan fingerprint density at radius 1 is 1.21 bits per heavy atom. The number of imidazole rings is 1. The van der Waals surface area contributed by atoms with Gasteiger partial charge in [0.1, 0.15) is 0 Å². The monoisotopic (exact) mass is 389 g/mol. The minimum Gasteiger partial charge on any atom is -0.478 e. The molecule has 0 spiro atoms. The highest BCUT2D eigenvalue weighted by Gasteiger charge is 2.49. The number of hydrogen-bond acceptors (Lipinski definition) is 3. The van der Waals surface area contributed by atoms with Crippen LogP contribution in [0.4, 0.5) is 0 Å². The summed E-state index contributed by atoms with van der Waals surface area (Å²) in [5.41, 5.74) is 4.87. The highest BCUT2D eigenvalue weighted by atomic mass is 16.4. The lowest BCUT2D eigenvalue weighted by Gasteiger charge is -2.54. The number of H-pyrrole nitrogens is 1. The predicted octanol–water partition coefficient (Wildman–Crippen LogP) is 3.63. The van der Waals surface area contributed by atoms with Crippen molar-refractivity contribution in [1.29, 1.82) is 0 Å². The number of amides is 1. The van der Waals surface area contributed by atoms with Crippen LogP contribution in [0.15, 0.2) is 42.7 Å². The molecule has 2 heterocycles. The van der Waals surface area contributed by atoms with E-state index in [0.29, 0.717) is 17.7 Å². The molecule has 1 aliphatic carbocycles. The molecule has 6 nitrogen and oxygen atoms in total. The van der Waals surface area contributed by atoms with Crippen LogP contribution in [-0.2, 0) is 11.8 Å². The van der Waals surface area contributed by atoms with Gasteiger partial charge in [-0.05, 0) is 65.6 Å². The maximum atomic E-state index is 13.4. The van der Waals surface area contributed by atoms with Crippen molar-refractivity contribution in [2.45, 2.75) is 38.1 Å². The van der Waals surface area contributed by atoms with Gasteiger partial charge in [-0.2, -0.15) is 0 Å². The largest absolute Gasteiger partial charge is 0.478 e. The molecule has 0 saturated carbocycles. The van der Waals surface area contributed by atoms with Gasteiger partial charge in [0.2, 0.25) is 0 Å². The molecule has 2 aliphatic rings. The van der Waals surface area contributed by atoms with Crippen LogP contribution in [0.5, 0.6) is 0 Å². The number of nitrogens with zero attached hydrogens (tertiary/aromatic N) is 2. The van der Waals surface area contributed by atoms with E-state index in [2.05, 4.69) is 23.8 Å². The number of piperidine rings is 1. The van der Waals surface area contributed by atoms with E-state index in [1.807, 2.05) is 35.2 Å². The van der Waals surface area contributed by atoms with Gasteiger partial charge in [-0.1, -0.05) is 19.9 Å². The van der Waals surface area contributed by atoms with Crippen molar-refractivity contribution >= 4 is 22.9 Å². The number of aromatic nitrogens is 2. The van der Waals surface area contributed by atoms with Crippen molar-refractivity contribution in [2.24, 2.45) is 5.92 Å². The molecule has 2 N–H and O–H groups in total. The van der Waals surface area contributed by atoms with Gasteiger partial charge in [-0.25, -0.2) is 9.78 Å². The number of rotatable bonds is 2. The molecule has 2 bridgehead atoms. The predicted molar refractivity (Wildman–Crippen MR) is 109 cm³/mol. The Kier molecular flexibility index (Phi) is 3.81. The molecule has 1 aromatic heterocycles. The van der Waals surface area contributed by atoms with Crippen molar-refractivity contribution in [3.05, 3.63) is 65.0 Å². The van der Waals surface area contributed by atoms with Gasteiger partial charge >= 0.3 is 5.97 Å². The number of likely N-dealkylation sites (tertiary alicyclic amines) is 1. The summed E-state index contributed by atoms with van der Waals surface area (Å²) in [5.74, 6) is -0.605. The van der Waals surface area contributed by atoms with Crippen molar-refractivity contribution in [1.82, 2.24) is 14.9 Å². The Balaban J connectivity index is 1.51. The van der Waals surface area contributed by atoms with E-state index in [1.165, 1.54) is 0 Å². The molecule has 1 amide bonds. The first-order valence-corrected chi connectivity index (χ1v) is 9.99. The minimum absolute atomic E-state index is 0.0472. The second-order valence-electron chi connectivity index (χ2n) is 8.54. The van der Waals surface area contributed by atoms with Crippen LogP contribution in [-0.4, -0.2) is 44.4 Å².